The van der Waals surface area contributed by atoms with Crippen LogP contribution in [0, 0.1) is 11.2 Å². The Hall–Kier alpha value is -1.68. The lowest BCUT2D eigenvalue weighted by Crippen LogP contribution is -2.12. The molecule has 15 heavy (non-hydrogen) atoms. The van der Waals surface area contributed by atoms with E-state index in [2.05, 4.69) is 4.98 Å². The van der Waals surface area contributed by atoms with Crippen LogP contribution in [0.15, 0.2) is 24.3 Å². The molecule has 3 N–H and O–H groups in total. The quantitative estimate of drug-likeness (QED) is 0.576. The first kappa shape index (κ1) is 9.86. The normalized spacial score (nSPS) is 10.5. The Morgan fingerprint density at radius 3 is 2.80 bits per heavy atom. The van der Waals surface area contributed by atoms with Crippen LogP contribution in [0.4, 0.5) is 4.39 Å². The Morgan fingerprint density at radius 2 is 2.13 bits per heavy atom. The van der Waals surface area contributed by atoms with Crippen LogP contribution in [0.5, 0.6) is 0 Å². The largest absolute Gasteiger partial charge is 0.382 e. The van der Waals surface area contributed by atoms with E-state index in [1.165, 1.54) is 12.1 Å². The fourth-order valence-corrected chi connectivity index (χ4v) is 1.43. The van der Waals surface area contributed by atoms with E-state index < -0.39 is 5.82 Å². The summed E-state index contributed by atoms with van der Waals surface area (Å²) >= 11 is 5.62. The van der Waals surface area contributed by atoms with Gasteiger partial charge in [-0.15, -0.1) is 0 Å². The summed E-state index contributed by atoms with van der Waals surface area (Å²) in [6, 6.07) is 5.93. The number of fused-ring (bicyclic) bond motifs is 1. The van der Waals surface area contributed by atoms with Crippen molar-refractivity contribution in [2.45, 2.75) is 0 Å². The summed E-state index contributed by atoms with van der Waals surface area (Å²) in [5, 5.41) is 7.85. The van der Waals surface area contributed by atoms with Gasteiger partial charge in [-0.2, -0.15) is 0 Å². The number of amidine groups is 1. The molecule has 3 nitrogen and oxygen atoms in total. The highest BCUT2D eigenvalue weighted by molar-refractivity contribution is 6.31. The van der Waals surface area contributed by atoms with E-state index in [0.717, 1.165) is 0 Å². The summed E-state index contributed by atoms with van der Waals surface area (Å²) in [6.07, 6.45) is 0. The van der Waals surface area contributed by atoms with Crippen molar-refractivity contribution in [3.8, 4) is 0 Å². The molecule has 1 heterocycles. The summed E-state index contributed by atoms with van der Waals surface area (Å²) in [7, 11) is 0. The van der Waals surface area contributed by atoms with Gasteiger partial charge in [0.25, 0.3) is 0 Å². The molecule has 1 aromatic carbocycles. The molecule has 0 bridgehead atoms. The molecule has 0 spiro atoms. The number of benzene rings is 1. The molecule has 76 valence electrons. The molecule has 0 unspecified atom stereocenters. The van der Waals surface area contributed by atoms with Crippen LogP contribution in [0.2, 0.25) is 5.02 Å². The summed E-state index contributed by atoms with van der Waals surface area (Å²) in [5.41, 5.74) is 6.16. The Morgan fingerprint density at radius 1 is 1.40 bits per heavy atom. The van der Waals surface area contributed by atoms with Crippen LogP contribution in [0.3, 0.4) is 0 Å². The fourth-order valence-electron chi connectivity index (χ4n) is 1.27. The van der Waals surface area contributed by atoms with E-state index in [-0.39, 0.29) is 10.9 Å². The lowest BCUT2D eigenvalue weighted by atomic mass is 10.2. The van der Waals surface area contributed by atoms with E-state index in [1.807, 2.05) is 0 Å². The molecular formula is C10H7ClFN3. The second-order valence-corrected chi connectivity index (χ2v) is 3.48. The lowest BCUT2D eigenvalue weighted by molar-refractivity contribution is 0.630. The topological polar surface area (TPSA) is 62.8 Å². The van der Waals surface area contributed by atoms with Crippen LogP contribution >= 0.6 is 11.6 Å². The van der Waals surface area contributed by atoms with Gasteiger partial charge in [0, 0.05) is 5.39 Å². The molecule has 1 aromatic heterocycles. The molecular weight excluding hydrogens is 217 g/mol. The first-order valence-corrected chi connectivity index (χ1v) is 4.56. The Bertz CT molecular complexity index is 554. The number of rotatable bonds is 1. The van der Waals surface area contributed by atoms with Gasteiger partial charge in [0.1, 0.15) is 17.3 Å². The highest BCUT2D eigenvalue weighted by atomic mass is 35.5. The van der Waals surface area contributed by atoms with Crippen molar-refractivity contribution in [3.05, 3.63) is 40.8 Å². The molecule has 0 radical (unpaired) electrons. The Balaban J connectivity index is 2.72. The number of nitrogen functional groups attached to an aromatic ring is 1. The minimum atomic E-state index is -0.485. The second kappa shape index (κ2) is 3.47. The van der Waals surface area contributed by atoms with Gasteiger partial charge in [-0.3, -0.25) is 5.41 Å². The summed E-state index contributed by atoms with van der Waals surface area (Å²) in [4.78, 5) is 4.08. The zero-order valence-corrected chi connectivity index (χ0v) is 8.35. The monoisotopic (exact) mass is 223 g/mol. The molecule has 2 aromatic rings. The van der Waals surface area contributed by atoms with Crippen LogP contribution in [-0.4, -0.2) is 10.8 Å². The third-order valence-electron chi connectivity index (χ3n) is 2.01. The van der Waals surface area contributed by atoms with Gasteiger partial charge in [-0.25, -0.2) is 9.37 Å². The van der Waals surface area contributed by atoms with Gasteiger partial charge in [-0.05, 0) is 18.2 Å². The minimum absolute atomic E-state index is 0.00991. The van der Waals surface area contributed by atoms with E-state index in [0.29, 0.717) is 16.6 Å². The van der Waals surface area contributed by atoms with Crippen molar-refractivity contribution in [2.24, 2.45) is 5.73 Å². The minimum Gasteiger partial charge on any atom is -0.382 e. The average Bonchev–Trinajstić information content (AvgIpc) is 2.19. The third kappa shape index (κ3) is 1.76. The number of halogens is 2. The molecule has 5 heteroatoms. The highest BCUT2D eigenvalue weighted by Gasteiger charge is 2.05. The predicted octanol–water partition coefficient (Wildman–Crippen LogP) is 2.31. The molecule has 0 saturated heterocycles. The van der Waals surface area contributed by atoms with Crippen LogP contribution in [-0.2, 0) is 0 Å². The van der Waals surface area contributed by atoms with E-state index >= 15 is 0 Å². The first-order chi connectivity index (χ1) is 7.08. The standard InChI is InChI=1S/C10H7ClFN3/c11-6-4-9-5(3-7(6)12)1-2-8(15-9)10(13)14/h1-4H,(H3,13,14). The summed E-state index contributed by atoms with van der Waals surface area (Å²) < 4.78 is 13.1. The van der Waals surface area contributed by atoms with Crippen LogP contribution in [0.25, 0.3) is 10.9 Å². The van der Waals surface area contributed by atoms with Crippen LogP contribution < -0.4 is 5.73 Å². The first-order valence-electron chi connectivity index (χ1n) is 4.18. The molecule has 0 amide bonds. The maximum Gasteiger partial charge on any atom is 0.142 e. The number of hydrogen-bond donors (Lipinski definition) is 2. The van der Waals surface area contributed by atoms with Crippen LogP contribution in [0.1, 0.15) is 5.69 Å². The van der Waals surface area contributed by atoms with Gasteiger partial charge < -0.3 is 5.73 Å². The van der Waals surface area contributed by atoms with E-state index in [4.69, 9.17) is 22.7 Å². The van der Waals surface area contributed by atoms with Gasteiger partial charge in [0.2, 0.25) is 0 Å². The van der Waals surface area contributed by atoms with Crippen molar-refractivity contribution in [3.63, 3.8) is 0 Å². The number of nitrogens with zero attached hydrogens (tertiary/aromatic N) is 1. The van der Waals surface area contributed by atoms with Gasteiger partial charge in [0.05, 0.1) is 10.5 Å². The number of nitrogens with one attached hydrogen (secondary N) is 1. The number of pyridine rings is 1. The van der Waals surface area contributed by atoms with Crippen molar-refractivity contribution < 1.29 is 4.39 Å². The maximum atomic E-state index is 13.1. The smallest absolute Gasteiger partial charge is 0.142 e. The Labute approximate surface area is 90.2 Å². The average molecular weight is 224 g/mol. The SMILES string of the molecule is N=C(N)c1ccc2cc(F)c(Cl)cc2n1. The number of nitrogens with two attached hydrogens (primary N) is 1. The number of hydrogen-bond acceptors (Lipinski definition) is 2. The highest BCUT2D eigenvalue weighted by Crippen LogP contribution is 2.21. The van der Waals surface area contributed by atoms with Gasteiger partial charge in [0.15, 0.2) is 0 Å². The molecule has 0 aliphatic carbocycles. The van der Waals surface area contributed by atoms with Crippen molar-refractivity contribution >= 4 is 28.3 Å². The third-order valence-corrected chi connectivity index (χ3v) is 2.30. The number of aromatic nitrogens is 1. The van der Waals surface area contributed by atoms with E-state index in [1.54, 1.807) is 12.1 Å². The van der Waals surface area contributed by atoms with Gasteiger partial charge in [-0.1, -0.05) is 17.7 Å². The zero-order valence-electron chi connectivity index (χ0n) is 7.59. The molecule has 0 fully saturated rings. The second-order valence-electron chi connectivity index (χ2n) is 3.07. The van der Waals surface area contributed by atoms with Crippen molar-refractivity contribution in [2.75, 3.05) is 0 Å². The fraction of sp³-hybridized carbons (Fsp3) is 0. The Kier molecular flexibility index (Phi) is 2.28. The van der Waals surface area contributed by atoms with Crippen molar-refractivity contribution in [1.82, 2.24) is 4.98 Å². The predicted molar refractivity (Wildman–Crippen MR) is 57.7 cm³/mol. The molecule has 0 saturated carbocycles. The molecule has 2 rings (SSSR count). The summed E-state index contributed by atoms with van der Waals surface area (Å²) in [5.74, 6) is -0.612. The molecule has 0 atom stereocenters. The summed E-state index contributed by atoms with van der Waals surface area (Å²) in [6.45, 7) is 0. The zero-order chi connectivity index (χ0) is 11.0. The molecule has 0 aliphatic rings. The van der Waals surface area contributed by atoms with Crippen molar-refractivity contribution in [1.29, 1.82) is 5.41 Å². The van der Waals surface area contributed by atoms with E-state index in [9.17, 15) is 4.39 Å². The molecule has 0 aliphatic heterocycles. The maximum absolute atomic E-state index is 13.1. The lowest BCUT2D eigenvalue weighted by Gasteiger charge is -2.02. The van der Waals surface area contributed by atoms with Gasteiger partial charge >= 0.3 is 0 Å².